The van der Waals surface area contributed by atoms with Crippen LogP contribution in [0, 0.1) is 0 Å². The van der Waals surface area contributed by atoms with Crippen LogP contribution in [0.4, 0.5) is 11.4 Å². The largest absolute Gasteiger partial charge is 0.497 e. The van der Waals surface area contributed by atoms with Crippen LogP contribution in [0.25, 0.3) is 5.57 Å². The lowest BCUT2D eigenvalue weighted by atomic mass is 9.87. The number of anilines is 1. The molecule has 0 spiro atoms. The second kappa shape index (κ2) is 6.99. The van der Waals surface area contributed by atoms with E-state index in [1.807, 2.05) is 30.5 Å². The first kappa shape index (κ1) is 18.2. The molecule has 1 aliphatic heterocycles. The Labute approximate surface area is 157 Å². The Balaban J connectivity index is 1.93. The van der Waals surface area contributed by atoms with Crippen LogP contribution in [0.2, 0.25) is 0 Å². The zero-order valence-corrected chi connectivity index (χ0v) is 16.6. The van der Waals surface area contributed by atoms with E-state index in [0.29, 0.717) is 6.04 Å². The van der Waals surface area contributed by atoms with Crippen molar-refractivity contribution in [3.8, 4) is 5.75 Å². The van der Waals surface area contributed by atoms with Crippen molar-refractivity contribution in [2.75, 3.05) is 12.0 Å². The first-order valence-corrected chi connectivity index (χ1v) is 9.13. The van der Waals surface area contributed by atoms with Crippen LogP contribution in [-0.2, 0) is 0 Å². The number of fused-ring (bicyclic) bond motifs is 1. The first-order valence-electron chi connectivity index (χ1n) is 9.13. The van der Waals surface area contributed by atoms with Gasteiger partial charge >= 0.3 is 0 Å². The summed E-state index contributed by atoms with van der Waals surface area (Å²) in [5, 5.41) is 0. The zero-order valence-electron chi connectivity index (χ0n) is 16.6. The standard InChI is InChI=1S/C23H28N2O/c1-16(2)25-22-12-7-18(13-21(22)17(3)14-23(25,4)5)15-24-19-8-10-20(26-6)11-9-19/h7-16H,1-6H3. The number of nitrogens with zero attached hydrogens (tertiary/aromatic N) is 2. The minimum absolute atomic E-state index is 0.0178. The lowest BCUT2D eigenvalue weighted by Crippen LogP contribution is -2.49. The highest BCUT2D eigenvalue weighted by atomic mass is 16.5. The van der Waals surface area contributed by atoms with Gasteiger partial charge < -0.3 is 9.64 Å². The van der Waals surface area contributed by atoms with Crippen molar-refractivity contribution >= 4 is 23.2 Å². The van der Waals surface area contributed by atoms with Crippen molar-refractivity contribution in [3.63, 3.8) is 0 Å². The van der Waals surface area contributed by atoms with Gasteiger partial charge in [-0.1, -0.05) is 12.1 Å². The van der Waals surface area contributed by atoms with Crippen LogP contribution in [0.1, 0.15) is 45.7 Å². The van der Waals surface area contributed by atoms with Crippen LogP contribution in [-0.4, -0.2) is 24.9 Å². The highest BCUT2D eigenvalue weighted by Gasteiger charge is 2.32. The van der Waals surface area contributed by atoms with Crippen LogP contribution in [0.15, 0.2) is 53.5 Å². The van der Waals surface area contributed by atoms with E-state index >= 15 is 0 Å². The van der Waals surface area contributed by atoms with E-state index in [-0.39, 0.29) is 5.54 Å². The molecule has 0 aromatic heterocycles. The summed E-state index contributed by atoms with van der Waals surface area (Å²) in [7, 11) is 1.67. The van der Waals surface area contributed by atoms with Gasteiger partial charge in [0.1, 0.15) is 5.75 Å². The van der Waals surface area contributed by atoms with Gasteiger partial charge in [0.15, 0.2) is 0 Å². The first-order chi connectivity index (χ1) is 12.3. The Kier molecular flexibility index (Phi) is 4.90. The molecule has 0 fully saturated rings. The molecule has 3 nitrogen and oxygen atoms in total. The second-order valence-corrected chi connectivity index (χ2v) is 7.68. The number of methoxy groups -OCH3 is 1. The van der Waals surface area contributed by atoms with Gasteiger partial charge in [-0.2, -0.15) is 0 Å². The van der Waals surface area contributed by atoms with Crippen molar-refractivity contribution in [1.29, 1.82) is 0 Å². The lowest BCUT2D eigenvalue weighted by molar-refractivity contribution is 0.415. The minimum Gasteiger partial charge on any atom is -0.497 e. The monoisotopic (exact) mass is 348 g/mol. The van der Waals surface area contributed by atoms with E-state index in [9.17, 15) is 0 Å². The highest BCUT2D eigenvalue weighted by molar-refractivity contribution is 5.88. The average molecular weight is 348 g/mol. The normalized spacial score (nSPS) is 16.0. The number of hydrogen-bond donors (Lipinski definition) is 0. The molecule has 136 valence electrons. The zero-order chi connectivity index (χ0) is 18.9. The Morgan fingerprint density at radius 3 is 2.38 bits per heavy atom. The Bertz CT molecular complexity index is 845. The van der Waals surface area contributed by atoms with Crippen LogP contribution in [0.3, 0.4) is 0 Å². The molecule has 0 amide bonds. The summed E-state index contributed by atoms with van der Waals surface area (Å²) in [6, 6.07) is 14.8. The quantitative estimate of drug-likeness (QED) is 0.647. The van der Waals surface area contributed by atoms with Crippen molar-refractivity contribution in [1.82, 2.24) is 0 Å². The van der Waals surface area contributed by atoms with Crippen molar-refractivity contribution in [2.45, 2.75) is 46.2 Å². The van der Waals surface area contributed by atoms with Gasteiger partial charge in [-0.3, -0.25) is 4.99 Å². The van der Waals surface area contributed by atoms with Gasteiger partial charge in [0.25, 0.3) is 0 Å². The molecule has 2 aromatic rings. The molecule has 0 bridgehead atoms. The van der Waals surface area contributed by atoms with Gasteiger partial charge in [-0.15, -0.1) is 0 Å². The summed E-state index contributed by atoms with van der Waals surface area (Å²) in [4.78, 5) is 7.08. The van der Waals surface area contributed by atoms with Crippen molar-refractivity contribution in [2.24, 2.45) is 4.99 Å². The van der Waals surface area contributed by atoms with E-state index in [1.54, 1.807) is 7.11 Å². The third kappa shape index (κ3) is 3.52. The molecule has 26 heavy (non-hydrogen) atoms. The predicted octanol–water partition coefficient (Wildman–Crippen LogP) is 5.86. The molecule has 0 radical (unpaired) electrons. The van der Waals surface area contributed by atoms with E-state index in [0.717, 1.165) is 17.0 Å². The molecule has 0 saturated heterocycles. The maximum Gasteiger partial charge on any atom is 0.119 e. The molecule has 0 atom stereocenters. The number of benzene rings is 2. The second-order valence-electron chi connectivity index (χ2n) is 7.68. The van der Waals surface area contributed by atoms with E-state index in [2.05, 4.69) is 68.8 Å². The van der Waals surface area contributed by atoms with Crippen molar-refractivity contribution in [3.05, 3.63) is 59.7 Å². The van der Waals surface area contributed by atoms with Gasteiger partial charge in [-0.05, 0) is 82.2 Å². The fourth-order valence-corrected chi connectivity index (χ4v) is 3.91. The van der Waals surface area contributed by atoms with Crippen LogP contribution < -0.4 is 9.64 Å². The number of hydrogen-bond acceptors (Lipinski definition) is 3. The van der Waals surface area contributed by atoms with E-state index in [4.69, 9.17) is 4.74 Å². The highest BCUT2D eigenvalue weighted by Crippen LogP contribution is 2.40. The van der Waals surface area contributed by atoms with E-state index in [1.165, 1.54) is 16.8 Å². The molecule has 3 rings (SSSR count). The third-order valence-electron chi connectivity index (χ3n) is 4.85. The summed E-state index contributed by atoms with van der Waals surface area (Å²) in [6.07, 6.45) is 4.29. The number of allylic oxidation sites excluding steroid dienone is 1. The van der Waals surface area contributed by atoms with Gasteiger partial charge in [0.05, 0.1) is 18.3 Å². The molecule has 1 aliphatic rings. The molecular formula is C23H28N2O. The SMILES string of the molecule is COc1ccc(N=Cc2ccc3c(c2)C(C)=CC(C)(C)N3C(C)C)cc1. The topological polar surface area (TPSA) is 24.8 Å². The van der Waals surface area contributed by atoms with E-state index < -0.39 is 0 Å². The average Bonchev–Trinajstić information content (AvgIpc) is 2.59. The Morgan fingerprint density at radius 2 is 1.77 bits per heavy atom. The molecule has 0 N–H and O–H groups in total. The van der Waals surface area contributed by atoms with Crippen LogP contribution in [0.5, 0.6) is 5.75 Å². The fraction of sp³-hybridized carbons (Fsp3) is 0.348. The summed E-state index contributed by atoms with van der Waals surface area (Å²) < 4.78 is 5.19. The van der Waals surface area contributed by atoms with Crippen LogP contribution >= 0.6 is 0 Å². The number of rotatable bonds is 4. The Hall–Kier alpha value is -2.55. The maximum absolute atomic E-state index is 5.19. The lowest BCUT2D eigenvalue weighted by Gasteiger charge is -2.46. The Morgan fingerprint density at radius 1 is 1.08 bits per heavy atom. The molecule has 1 heterocycles. The van der Waals surface area contributed by atoms with Gasteiger partial charge in [0.2, 0.25) is 0 Å². The smallest absolute Gasteiger partial charge is 0.119 e. The minimum atomic E-state index is 0.0178. The summed E-state index contributed by atoms with van der Waals surface area (Å²) in [6.45, 7) is 11.2. The molecule has 0 saturated carbocycles. The molecule has 2 aromatic carbocycles. The third-order valence-corrected chi connectivity index (χ3v) is 4.85. The number of aliphatic imine (C=N–C) groups is 1. The molecular weight excluding hydrogens is 320 g/mol. The molecule has 0 aliphatic carbocycles. The summed E-state index contributed by atoms with van der Waals surface area (Å²) in [5.74, 6) is 0.842. The number of ether oxygens (including phenoxy) is 1. The maximum atomic E-state index is 5.19. The fourth-order valence-electron chi connectivity index (χ4n) is 3.91. The molecule has 3 heteroatoms. The van der Waals surface area contributed by atoms with Gasteiger partial charge in [0, 0.05) is 23.5 Å². The predicted molar refractivity (Wildman–Crippen MR) is 112 cm³/mol. The van der Waals surface area contributed by atoms with Crippen molar-refractivity contribution < 1.29 is 4.74 Å². The summed E-state index contributed by atoms with van der Waals surface area (Å²) >= 11 is 0. The van der Waals surface area contributed by atoms with Gasteiger partial charge in [-0.25, -0.2) is 0 Å². The molecule has 0 unspecified atom stereocenters. The summed E-state index contributed by atoms with van der Waals surface area (Å²) in [5.41, 5.74) is 5.95.